The summed E-state index contributed by atoms with van der Waals surface area (Å²) in [5.41, 5.74) is 0.394. The predicted molar refractivity (Wildman–Crippen MR) is 94.8 cm³/mol. The summed E-state index contributed by atoms with van der Waals surface area (Å²) >= 11 is 0. The molecule has 1 aliphatic heterocycles. The topological polar surface area (TPSA) is 15.3 Å². The van der Waals surface area contributed by atoms with Crippen molar-refractivity contribution in [1.82, 2.24) is 10.2 Å². The molecule has 0 aromatic heterocycles. The second-order valence-electron chi connectivity index (χ2n) is 7.48. The largest absolute Gasteiger partial charge is 0.311 e. The summed E-state index contributed by atoms with van der Waals surface area (Å²) in [5.74, 6) is 1.61. The maximum Gasteiger partial charge on any atom is 0.0329 e. The van der Waals surface area contributed by atoms with Crippen molar-refractivity contribution >= 4 is 0 Å². The zero-order valence-corrected chi connectivity index (χ0v) is 15.5. The van der Waals surface area contributed by atoms with Crippen LogP contribution in [0.1, 0.15) is 80.1 Å². The highest BCUT2D eigenvalue weighted by Gasteiger charge is 2.39. The van der Waals surface area contributed by atoms with Gasteiger partial charge in [-0.1, -0.05) is 60.8 Å². The molecule has 0 aromatic rings. The third-order valence-electron chi connectivity index (χ3n) is 5.92. The Morgan fingerprint density at radius 1 is 1.14 bits per heavy atom. The highest BCUT2D eigenvalue weighted by molar-refractivity contribution is 4.98. The molecule has 2 heteroatoms. The Hall–Kier alpha value is -0.0800. The first-order chi connectivity index (χ1) is 10.0. The quantitative estimate of drug-likeness (QED) is 0.664. The highest BCUT2D eigenvalue weighted by Crippen LogP contribution is 2.30. The molecule has 21 heavy (non-hydrogen) atoms. The molecule has 1 fully saturated rings. The SMILES string of the molecule is CCCCC(CC)CN1CC(C(C)C)NCC1(CC)CC. The molecule has 0 aromatic carbocycles. The van der Waals surface area contributed by atoms with Crippen LogP contribution in [0.2, 0.25) is 0 Å². The predicted octanol–water partition coefficient (Wildman–Crippen LogP) is 4.69. The first-order valence-corrected chi connectivity index (χ1v) is 9.51. The molecule has 0 bridgehead atoms. The fourth-order valence-corrected chi connectivity index (χ4v) is 3.82. The van der Waals surface area contributed by atoms with E-state index in [1.165, 1.54) is 58.2 Å². The van der Waals surface area contributed by atoms with E-state index in [4.69, 9.17) is 0 Å². The fraction of sp³-hybridized carbons (Fsp3) is 1.00. The molecule has 1 heterocycles. The summed E-state index contributed by atoms with van der Waals surface area (Å²) in [6.45, 7) is 17.9. The summed E-state index contributed by atoms with van der Waals surface area (Å²) in [7, 11) is 0. The molecular formula is C19H40N2. The van der Waals surface area contributed by atoms with Crippen molar-refractivity contribution in [1.29, 1.82) is 0 Å². The fourth-order valence-electron chi connectivity index (χ4n) is 3.82. The summed E-state index contributed by atoms with van der Waals surface area (Å²) < 4.78 is 0. The van der Waals surface area contributed by atoms with Crippen LogP contribution in [0.25, 0.3) is 0 Å². The van der Waals surface area contributed by atoms with Crippen LogP contribution in [-0.2, 0) is 0 Å². The zero-order valence-electron chi connectivity index (χ0n) is 15.5. The lowest BCUT2D eigenvalue weighted by molar-refractivity contribution is 0.00863. The molecule has 0 spiro atoms. The van der Waals surface area contributed by atoms with E-state index in [9.17, 15) is 0 Å². The van der Waals surface area contributed by atoms with E-state index >= 15 is 0 Å². The molecule has 2 nitrogen and oxygen atoms in total. The molecule has 1 saturated heterocycles. The summed E-state index contributed by atoms with van der Waals surface area (Å²) in [6.07, 6.45) is 8.01. The maximum absolute atomic E-state index is 3.83. The number of nitrogens with one attached hydrogen (secondary N) is 1. The van der Waals surface area contributed by atoms with Gasteiger partial charge in [0.25, 0.3) is 0 Å². The summed E-state index contributed by atoms with van der Waals surface area (Å²) in [5, 5.41) is 3.83. The van der Waals surface area contributed by atoms with E-state index in [2.05, 4.69) is 51.8 Å². The van der Waals surface area contributed by atoms with Crippen molar-refractivity contribution in [3.05, 3.63) is 0 Å². The smallest absolute Gasteiger partial charge is 0.0329 e. The van der Waals surface area contributed by atoms with Gasteiger partial charge in [-0.25, -0.2) is 0 Å². The Kier molecular flexibility index (Phi) is 8.26. The molecule has 2 atom stereocenters. The van der Waals surface area contributed by atoms with Gasteiger partial charge in [-0.05, 0) is 31.1 Å². The minimum absolute atomic E-state index is 0.394. The minimum atomic E-state index is 0.394. The Morgan fingerprint density at radius 3 is 2.29 bits per heavy atom. The third-order valence-corrected chi connectivity index (χ3v) is 5.92. The normalized spacial score (nSPS) is 24.4. The van der Waals surface area contributed by atoms with Crippen LogP contribution in [-0.4, -0.2) is 36.1 Å². The van der Waals surface area contributed by atoms with Gasteiger partial charge in [0.05, 0.1) is 0 Å². The van der Waals surface area contributed by atoms with Crippen molar-refractivity contribution in [2.45, 2.75) is 91.6 Å². The lowest BCUT2D eigenvalue weighted by Gasteiger charge is -2.51. The Bertz CT molecular complexity index is 271. The maximum atomic E-state index is 3.83. The van der Waals surface area contributed by atoms with Gasteiger partial charge in [0.15, 0.2) is 0 Å². The average Bonchev–Trinajstić information content (AvgIpc) is 2.51. The lowest BCUT2D eigenvalue weighted by Crippen LogP contribution is -2.65. The second-order valence-corrected chi connectivity index (χ2v) is 7.48. The van der Waals surface area contributed by atoms with Crippen LogP contribution >= 0.6 is 0 Å². The number of nitrogens with zero attached hydrogens (tertiary/aromatic N) is 1. The van der Waals surface area contributed by atoms with Crippen LogP contribution in [0, 0.1) is 11.8 Å². The molecule has 0 saturated carbocycles. The van der Waals surface area contributed by atoms with Gasteiger partial charge in [0.1, 0.15) is 0 Å². The Morgan fingerprint density at radius 2 is 1.81 bits per heavy atom. The van der Waals surface area contributed by atoms with Crippen LogP contribution in [0.5, 0.6) is 0 Å². The van der Waals surface area contributed by atoms with Gasteiger partial charge >= 0.3 is 0 Å². The van der Waals surface area contributed by atoms with E-state index in [-0.39, 0.29) is 0 Å². The number of hydrogen-bond acceptors (Lipinski definition) is 2. The Labute approximate surface area is 134 Å². The van der Waals surface area contributed by atoms with Gasteiger partial charge in [-0.2, -0.15) is 0 Å². The van der Waals surface area contributed by atoms with Crippen molar-refractivity contribution in [3.63, 3.8) is 0 Å². The molecule has 0 radical (unpaired) electrons. The van der Waals surface area contributed by atoms with E-state index < -0.39 is 0 Å². The first-order valence-electron chi connectivity index (χ1n) is 9.51. The van der Waals surface area contributed by atoms with Crippen molar-refractivity contribution in [2.75, 3.05) is 19.6 Å². The number of unbranched alkanes of at least 4 members (excludes halogenated alkanes) is 1. The molecule has 126 valence electrons. The number of hydrogen-bond donors (Lipinski definition) is 1. The molecular weight excluding hydrogens is 256 g/mol. The van der Waals surface area contributed by atoms with Crippen LogP contribution in [0.15, 0.2) is 0 Å². The van der Waals surface area contributed by atoms with E-state index in [0.717, 1.165) is 11.8 Å². The standard InChI is InChI=1S/C19H40N2/c1-7-11-12-17(8-2)13-21-14-18(16(5)6)20-15-19(21,9-3)10-4/h16-18,20H,7-15H2,1-6H3. The molecule has 0 amide bonds. The van der Waals surface area contributed by atoms with Gasteiger partial charge in [-0.15, -0.1) is 0 Å². The second kappa shape index (κ2) is 9.15. The Balaban J connectivity index is 2.77. The van der Waals surface area contributed by atoms with Gasteiger partial charge < -0.3 is 5.32 Å². The zero-order chi connectivity index (χ0) is 15.9. The summed E-state index contributed by atoms with van der Waals surface area (Å²) in [6, 6.07) is 0.667. The minimum Gasteiger partial charge on any atom is -0.311 e. The van der Waals surface area contributed by atoms with Crippen LogP contribution in [0.4, 0.5) is 0 Å². The average molecular weight is 297 g/mol. The number of rotatable bonds is 9. The molecule has 1 aliphatic rings. The van der Waals surface area contributed by atoms with Gasteiger partial charge in [0, 0.05) is 31.2 Å². The molecule has 1 rings (SSSR count). The van der Waals surface area contributed by atoms with Crippen LogP contribution in [0.3, 0.4) is 0 Å². The van der Waals surface area contributed by atoms with E-state index in [0.29, 0.717) is 11.6 Å². The molecule has 0 aliphatic carbocycles. The van der Waals surface area contributed by atoms with Crippen molar-refractivity contribution in [3.8, 4) is 0 Å². The van der Waals surface area contributed by atoms with Crippen molar-refractivity contribution in [2.24, 2.45) is 11.8 Å². The third kappa shape index (κ3) is 4.96. The monoisotopic (exact) mass is 296 g/mol. The number of piperazine rings is 1. The molecule has 1 N–H and O–H groups in total. The van der Waals surface area contributed by atoms with Gasteiger partial charge in [-0.3, -0.25) is 4.90 Å². The van der Waals surface area contributed by atoms with Crippen molar-refractivity contribution < 1.29 is 0 Å². The molecule has 2 unspecified atom stereocenters. The first kappa shape index (κ1) is 19.0. The van der Waals surface area contributed by atoms with E-state index in [1.54, 1.807) is 0 Å². The van der Waals surface area contributed by atoms with E-state index in [1.807, 2.05) is 0 Å². The van der Waals surface area contributed by atoms with Gasteiger partial charge in [0.2, 0.25) is 0 Å². The summed E-state index contributed by atoms with van der Waals surface area (Å²) in [4.78, 5) is 2.86. The highest BCUT2D eigenvalue weighted by atomic mass is 15.3. The lowest BCUT2D eigenvalue weighted by atomic mass is 9.84. The van der Waals surface area contributed by atoms with Crippen LogP contribution < -0.4 is 5.32 Å².